The predicted molar refractivity (Wildman–Crippen MR) is 93.7 cm³/mol. The van der Waals surface area contributed by atoms with E-state index in [1.807, 2.05) is 20.8 Å². The van der Waals surface area contributed by atoms with Crippen molar-refractivity contribution in [1.82, 2.24) is 15.5 Å². The van der Waals surface area contributed by atoms with Gasteiger partial charge in [0.25, 0.3) is 0 Å². The Kier molecular flexibility index (Phi) is 6.63. The molecule has 2 amide bonds. The summed E-state index contributed by atoms with van der Waals surface area (Å²) in [6, 6.07) is 0. The lowest BCUT2D eigenvalue weighted by molar-refractivity contribution is -0.131. The van der Waals surface area contributed by atoms with Crippen LogP contribution in [-0.4, -0.2) is 61.6 Å². The van der Waals surface area contributed by atoms with Crippen LogP contribution in [0.2, 0.25) is 0 Å². The topological polar surface area (TPSA) is 70.7 Å². The van der Waals surface area contributed by atoms with Crippen LogP contribution in [0.15, 0.2) is 0 Å². The number of rotatable bonds is 5. The van der Waals surface area contributed by atoms with Gasteiger partial charge in [-0.1, -0.05) is 40.0 Å². The lowest BCUT2D eigenvalue weighted by Crippen LogP contribution is -2.60. The van der Waals surface area contributed by atoms with Crippen LogP contribution in [-0.2, 0) is 14.3 Å². The van der Waals surface area contributed by atoms with Crippen molar-refractivity contribution in [3.8, 4) is 0 Å². The zero-order valence-corrected chi connectivity index (χ0v) is 15.5. The molecule has 2 N–H and O–H groups in total. The lowest BCUT2D eigenvalue weighted by Gasteiger charge is -2.48. The number of carbonyl (C=O) groups excluding carboxylic acids is 2. The SMILES string of the molecule is CC(C)(C)C(=O)NCC(=O)NCC1(N2CCOCC2)CCCCC1. The third-order valence-corrected chi connectivity index (χ3v) is 5.17. The first-order valence-electron chi connectivity index (χ1n) is 9.21. The number of nitrogens with one attached hydrogen (secondary N) is 2. The van der Waals surface area contributed by atoms with E-state index in [0.29, 0.717) is 6.54 Å². The highest BCUT2D eigenvalue weighted by atomic mass is 16.5. The fraction of sp³-hybridized carbons (Fsp3) is 0.889. The quantitative estimate of drug-likeness (QED) is 0.792. The second kappa shape index (κ2) is 8.30. The lowest BCUT2D eigenvalue weighted by atomic mass is 9.79. The predicted octanol–water partition coefficient (Wildman–Crippen LogP) is 1.30. The van der Waals surface area contributed by atoms with Crippen LogP contribution in [0.1, 0.15) is 52.9 Å². The molecular formula is C18H33N3O3. The molecule has 1 aliphatic heterocycles. The van der Waals surface area contributed by atoms with Gasteiger partial charge in [0.1, 0.15) is 0 Å². The molecule has 6 nitrogen and oxygen atoms in total. The molecule has 1 saturated heterocycles. The minimum absolute atomic E-state index is 0.0509. The maximum Gasteiger partial charge on any atom is 0.239 e. The first kappa shape index (κ1) is 19.2. The van der Waals surface area contributed by atoms with E-state index in [9.17, 15) is 9.59 Å². The van der Waals surface area contributed by atoms with Crippen molar-refractivity contribution in [3.63, 3.8) is 0 Å². The van der Waals surface area contributed by atoms with Crippen molar-refractivity contribution in [2.75, 3.05) is 39.4 Å². The van der Waals surface area contributed by atoms with Gasteiger partial charge < -0.3 is 15.4 Å². The highest BCUT2D eigenvalue weighted by molar-refractivity contribution is 5.87. The van der Waals surface area contributed by atoms with Crippen LogP contribution in [0.4, 0.5) is 0 Å². The summed E-state index contributed by atoms with van der Waals surface area (Å²) in [6.45, 7) is 9.68. The molecule has 2 aliphatic rings. The summed E-state index contributed by atoms with van der Waals surface area (Å²) in [4.78, 5) is 26.5. The Morgan fingerprint density at radius 2 is 1.67 bits per heavy atom. The van der Waals surface area contributed by atoms with Gasteiger partial charge in [-0.2, -0.15) is 0 Å². The van der Waals surface area contributed by atoms with E-state index in [1.54, 1.807) is 0 Å². The standard InChI is InChI=1S/C18H33N3O3/c1-17(2,3)16(23)19-13-15(22)20-14-18(7-5-4-6-8-18)21-9-11-24-12-10-21/h4-14H2,1-3H3,(H,19,23)(H,20,22). The monoisotopic (exact) mass is 339 g/mol. The first-order valence-corrected chi connectivity index (χ1v) is 9.21. The molecule has 6 heteroatoms. The summed E-state index contributed by atoms with van der Waals surface area (Å²) in [5, 5.41) is 5.78. The Bertz CT molecular complexity index is 433. The Morgan fingerprint density at radius 1 is 1.04 bits per heavy atom. The number of hydrogen-bond acceptors (Lipinski definition) is 4. The summed E-state index contributed by atoms with van der Waals surface area (Å²) in [5.41, 5.74) is -0.412. The molecule has 2 rings (SSSR count). The Hall–Kier alpha value is -1.14. The molecule has 0 bridgehead atoms. The minimum Gasteiger partial charge on any atom is -0.379 e. The van der Waals surface area contributed by atoms with Gasteiger partial charge in [0.05, 0.1) is 19.8 Å². The van der Waals surface area contributed by atoms with E-state index in [1.165, 1.54) is 19.3 Å². The molecule has 138 valence electrons. The highest BCUT2D eigenvalue weighted by Crippen LogP contribution is 2.33. The maximum absolute atomic E-state index is 12.2. The van der Waals surface area contributed by atoms with Gasteiger partial charge in [0.2, 0.25) is 11.8 Å². The first-order chi connectivity index (χ1) is 11.3. The minimum atomic E-state index is -0.474. The van der Waals surface area contributed by atoms with Crippen LogP contribution in [0, 0.1) is 5.41 Å². The molecule has 24 heavy (non-hydrogen) atoms. The number of morpholine rings is 1. The van der Waals surface area contributed by atoms with Crippen LogP contribution < -0.4 is 10.6 Å². The Balaban J connectivity index is 1.86. The van der Waals surface area contributed by atoms with Crippen molar-refractivity contribution in [3.05, 3.63) is 0 Å². The van der Waals surface area contributed by atoms with Crippen LogP contribution in [0.5, 0.6) is 0 Å². The average molecular weight is 339 g/mol. The summed E-state index contributed by atoms with van der Waals surface area (Å²) < 4.78 is 5.48. The largest absolute Gasteiger partial charge is 0.379 e. The zero-order valence-electron chi connectivity index (χ0n) is 15.5. The normalized spacial score (nSPS) is 22.0. The molecule has 0 spiro atoms. The van der Waals surface area contributed by atoms with E-state index in [2.05, 4.69) is 15.5 Å². The van der Waals surface area contributed by atoms with Crippen molar-refractivity contribution < 1.29 is 14.3 Å². The molecule has 2 fully saturated rings. The van der Waals surface area contributed by atoms with Crippen LogP contribution in [0.25, 0.3) is 0 Å². The van der Waals surface area contributed by atoms with Crippen molar-refractivity contribution >= 4 is 11.8 Å². The summed E-state index contributed by atoms with van der Waals surface area (Å²) in [5.74, 6) is -0.205. The molecule has 1 aliphatic carbocycles. The molecule has 0 unspecified atom stereocenters. The molecule has 1 heterocycles. The van der Waals surface area contributed by atoms with Crippen molar-refractivity contribution in [2.45, 2.75) is 58.4 Å². The zero-order chi connectivity index (χ0) is 17.6. The molecule has 0 aromatic heterocycles. The summed E-state index contributed by atoms with van der Waals surface area (Å²) >= 11 is 0. The van der Waals surface area contributed by atoms with Gasteiger partial charge in [-0.15, -0.1) is 0 Å². The smallest absolute Gasteiger partial charge is 0.239 e. The van der Waals surface area contributed by atoms with E-state index in [0.717, 1.165) is 39.1 Å². The fourth-order valence-corrected chi connectivity index (χ4v) is 3.60. The second-order valence-electron chi connectivity index (χ2n) is 8.09. The van der Waals surface area contributed by atoms with Gasteiger partial charge >= 0.3 is 0 Å². The summed E-state index contributed by atoms with van der Waals surface area (Å²) in [6.07, 6.45) is 5.97. The number of ether oxygens (including phenoxy) is 1. The van der Waals surface area contributed by atoms with E-state index < -0.39 is 5.41 Å². The molecule has 0 aromatic rings. The molecular weight excluding hydrogens is 306 g/mol. The van der Waals surface area contributed by atoms with Gasteiger partial charge in [-0.25, -0.2) is 0 Å². The second-order valence-corrected chi connectivity index (χ2v) is 8.09. The fourth-order valence-electron chi connectivity index (χ4n) is 3.60. The van der Waals surface area contributed by atoms with Crippen molar-refractivity contribution in [1.29, 1.82) is 0 Å². The van der Waals surface area contributed by atoms with E-state index >= 15 is 0 Å². The van der Waals surface area contributed by atoms with Gasteiger partial charge in [0, 0.05) is 30.6 Å². The Labute approximate surface area is 145 Å². The maximum atomic E-state index is 12.2. The van der Waals surface area contributed by atoms with Crippen LogP contribution >= 0.6 is 0 Å². The van der Waals surface area contributed by atoms with Gasteiger partial charge in [-0.3, -0.25) is 14.5 Å². The molecule has 0 atom stereocenters. The number of amides is 2. The van der Waals surface area contributed by atoms with Gasteiger partial charge in [-0.05, 0) is 12.8 Å². The highest BCUT2D eigenvalue weighted by Gasteiger charge is 2.38. The molecule has 0 aromatic carbocycles. The molecule has 0 radical (unpaired) electrons. The third kappa shape index (κ3) is 5.18. The summed E-state index contributed by atoms with van der Waals surface area (Å²) in [7, 11) is 0. The molecule has 1 saturated carbocycles. The van der Waals surface area contributed by atoms with E-state index in [4.69, 9.17) is 4.74 Å². The number of nitrogens with zero attached hydrogens (tertiary/aromatic N) is 1. The van der Waals surface area contributed by atoms with Crippen molar-refractivity contribution in [2.24, 2.45) is 5.41 Å². The Morgan fingerprint density at radius 3 is 2.25 bits per heavy atom. The third-order valence-electron chi connectivity index (χ3n) is 5.17. The number of carbonyl (C=O) groups is 2. The van der Waals surface area contributed by atoms with E-state index in [-0.39, 0.29) is 23.9 Å². The van der Waals surface area contributed by atoms with Gasteiger partial charge in [0.15, 0.2) is 0 Å². The number of hydrogen-bond donors (Lipinski definition) is 2. The average Bonchev–Trinajstić information content (AvgIpc) is 2.58. The van der Waals surface area contributed by atoms with Crippen LogP contribution in [0.3, 0.4) is 0 Å².